The Balaban J connectivity index is 1.66. The van der Waals surface area contributed by atoms with Gasteiger partial charge in [0.1, 0.15) is 18.0 Å². The molecule has 146 valence electrons. The van der Waals surface area contributed by atoms with Gasteiger partial charge in [-0.3, -0.25) is 9.59 Å². The summed E-state index contributed by atoms with van der Waals surface area (Å²) in [6, 6.07) is 2.74. The molecule has 0 aliphatic heterocycles. The summed E-state index contributed by atoms with van der Waals surface area (Å²) in [5.41, 5.74) is 1.69. The highest BCUT2D eigenvalue weighted by Gasteiger charge is 2.21. The first-order valence-electron chi connectivity index (χ1n) is 8.37. The van der Waals surface area contributed by atoms with E-state index in [0.717, 1.165) is 12.1 Å². The van der Waals surface area contributed by atoms with Gasteiger partial charge in [-0.2, -0.15) is 10.1 Å². The van der Waals surface area contributed by atoms with Crippen LogP contribution in [0.4, 0.5) is 14.5 Å². The predicted octanol–water partition coefficient (Wildman–Crippen LogP) is 2.13. The lowest BCUT2D eigenvalue weighted by molar-refractivity contribution is -0.152. The number of hydrogen-bond acceptors (Lipinski definition) is 6. The van der Waals surface area contributed by atoms with Crippen LogP contribution in [0, 0.1) is 25.5 Å². The maximum atomic E-state index is 13.6. The lowest BCUT2D eigenvalue weighted by Crippen LogP contribution is -2.31. The van der Waals surface area contributed by atoms with Gasteiger partial charge in [-0.1, -0.05) is 0 Å². The van der Waals surface area contributed by atoms with Crippen molar-refractivity contribution >= 4 is 23.3 Å². The Morgan fingerprint density at radius 3 is 2.75 bits per heavy atom. The first-order valence-corrected chi connectivity index (χ1v) is 8.37. The molecule has 0 saturated heterocycles. The fourth-order valence-corrected chi connectivity index (χ4v) is 2.67. The molecule has 3 rings (SSSR count). The van der Waals surface area contributed by atoms with Crippen LogP contribution in [0.15, 0.2) is 24.5 Å². The summed E-state index contributed by atoms with van der Waals surface area (Å²) in [5, 5.41) is 6.30. The van der Waals surface area contributed by atoms with Gasteiger partial charge >= 0.3 is 5.97 Å². The Morgan fingerprint density at radius 2 is 2.04 bits per heavy atom. The highest BCUT2D eigenvalue weighted by atomic mass is 19.1. The molecule has 1 aromatic carbocycles. The van der Waals surface area contributed by atoms with Crippen molar-refractivity contribution in [2.75, 3.05) is 5.32 Å². The Labute approximate surface area is 158 Å². The van der Waals surface area contributed by atoms with Gasteiger partial charge in [-0.25, -0.2) is 18.3 Å². The Kier molecular flexibility index (Phi) is 5.30. The minimum atomic E-state index is -1.18. The van der Waals surface area contributed by atoms with Gasteiger partial charge < -0.3 is 10.1 Å². The van der Waals surface area contributed by atoms with Crippen molar-refractivity contribution in [2.45, 2.75) is 33.3 Å². The molecular weight excluding hydrogens is 372 g/mol. The van der Waals surface area contributed by atoms with E-state index in [1.807, 2.05) is 0 Å². The zero-order valence-electron chi connectivity index (χ0n) is 15.4. The predicted molar refractivity (Wildman–Crippen MR) is 94.5 cm³/mol. The minimum absolute atomic E-state index is 0.122. The van der Waals surface area contributed by atoms with Crippen molar-refractivity contribution in [1.29, 1.82) is 0 Å². The standard InChI is InChI=1S/C18H17F2N5O3/c1-9-13(10(2)25-18(23-9)21-8-22-25)7-16(26)28-11(3)17(27)24-15-5-4-12(19)6-14(15)20/h4-6,8,11H,7H2,1-3H3,(H,24,27)/t11-/m1/s1. The molecule has 8 nitrogen and oxygen atoms in total. The number of aromatic nitrogens is 4. The molecule has 0 radical (unpaired) electrons. The van der Waals surface area contributed by atoms with Gasteiger partial charge in [0.15, 0.2) is 6.10 Å². The highest BCUT2D eigenvalue weighted by molar-refractivity contribution is 5.95. The van der Waals surface area contributed by atoms with Crippen LogP contribution in [0.1, 0.15) is 23.9 Å². The minimum Gasteiger partial charge on any atom is -0.452 e. The number of fused-ring (bicyclic) bond motifs is 1. The molecule has 0 aliphatic carbocycles. The third-order valence-electron chi connectivity index (χ3n) is 4.18. The number of carbonyl (C=O) groups excluding carboxylic acids is 2. The second-order valence-electron chi connectivity index (χ2n) is 6.16. The average Bonchev–Trinajstić information content (AvgIpc) is 3.09. The molecule has 10 heteroatoms. The lowest BCUT2D eigenvalue weighted by Gasteiger charge is -2.15. The second-order valence-corrected chi connectivity index (χ2v) is 6.16. The third kappa shape index (κ3) is 3.95. The van der Waals surface area contributed by atoms with Crippen LogP contribution in [0.25, 0.3) is 5.78 Å². The fraction of sp³-hybridized carbons (Fsp3) is 0.278. The van der Waals surface area contributed by atoms with Gasteiger partial charge in [-0.15, -0.1) is 0 Å². The van der Waals surface area contributed by atoms with Gasteiger partial charge in [0.25, 0.3) is 11.7 Å². The van der Waals surface area contributed by atoms with Gasteiger partial charge in [-0.05, 0) is 32.9 Å². The SMILES string of the molecule is Cc1nc2ncnn2c(C)c1CC(=O)O[C@H](C)C(=O)Nc1ccc(F)cc1F. The number of esters is 1. The monoisotopic (exact) mass is 389 g/mol. The van der Waals surface area contributed by atoms with Crippen LogP contribution in [0.3, 0.4) is 0 Å². The Bertz CT molecular complexity index is 1070. The van der Waals surface area contributed by atoms with Crippen LogP contribution >= 0.6 is 0 Å². The van der Waals surface area contributed by atoms with E-state index in [9.17, 15) is 18.4 Å². The third-order valence-corrected chi connectivity index (χ3v) is 4.18. The zero-order valence-corrected chi connectivity index (χ0v) is 15.4. The molecule has 0 aliphatic rings. The number of aryl methyl sites for hydroxylation is 2. The molecule has 2 heterocycles. The van der Waals surface area contributed by atoms with E-state index in [-0.39, 0.29) is 12.1 Å². The second kappa shape index (κ2) is 7.67. The number of amides is 1. The number of nitrogens with zero attached hydrogens (tertiary/aromatic N) is 4. The Morgan fingerprint density at radius 1 is 1.29 bits per heavy atom. The molecule has 0 saturated carbocycles. The quantitative estimate of drug-likeness (QED) is 0.672. The van der Waals surface area contributed by atoms with Gasteiger partial charge in [0.05, 0.1) is 12.1 Å². The number of anilines is 1. The molecule has 1 atom stereocenters. The van der Waals surface area contributed by atoms with Crippen LogP contribution < -0.4 is 5.32 Å². The van der Waals surface area contributed by atoms with E-state index in [4.69, 9.17) is 4.74 Å². The maximum Gasteiger partial charge on any atom is 0.311 e. The molecule has 3 aromatic rings. The number of benzene rings is 1. The van der Waals surface area contributed by atoms with E-state index >= 15 is 0 Å². The van der Waals surface area contributed by atoms with E-state index in [0.29, 0.717) is 28.8 Å². The van der Waals surface area contributed by atoms with Crippen molar-refractivity contribution in [3.05, 3.63) is 53.1 Å². The topological polar surface area (TPSA) is 98.5 Å². The number of nitrogens with one attached hydrogen (secondary N) is 1. The van der Waals surface area contributed by atoms with Crippen molar-refractivity contribution in [1.82, 2.24) is 19.6 Å². The van der Waals surface area contributed by atoms with Gasteiger partial charge in [0.2, 0.25) is 0 Å². The summed E-state index contributed by atoms with van der Waals surface area (Å²) in [7, 11) is 0. The first-order chi connectivity index (χ1) is 13.3. The number of rotatable bonds is 5. The molecule has 1 amide bonds. The van der Waals surface area contributed by atoms with Crippen LogP contribution in [-0.4, -0.2) is 37.6 Å². The molecule has 28 heavy (non-hydrogen) atoms. The summed E-state index contributed by atoms with van der Waals surface area (Å²) in [4.78, 5) is 32.7. The zero-order chi connectivity index (χ0) is 20.4. The number of hydrogen-bond donors (Lipinski definition) is 1. The van der Waals surface area contributed by atoms with Crippen molar-refractivity contribution in [3.63, 3.8) is 0 Å². The largest absolute Gasteiger partial charge is 0.452 e. The molecule has 0 bridgehead atoms. The van der Waals surface area contributed by atoms with E-state index in [1.54, 1.807) is 13.8 Å². The number of halogens is 2. The van der Waals surface area contributed by atoms with E-state index in [1.165, 1.54) is 17.8 Å². The van der Waals surface area contributed by atoms with E-state index in [2.05, 4.69) is 20.4 Å². The molecule has 1 N–H and O–H groups in total. The summed E-state index contributed by atoms with van der Waals surface area (Å²) >= 11 is 0. The molecule has 0 spiro atoms. The van der Waals surface area contributed by atoms with E-state index < -0.39 is 29.6 Å². The van der Waals surface area contributed by atoms with Crippen LogP contribution in [0.2, 0.25) is 0 Å². The maximum absolute atomic E-state index is 13.6. The summed E-state index contributed by atoms with van der Waals surface area (Å²) in [5.74, 6) is -2.67. The molecule has 2 aromatic heterocycles. The summed E-state index contributed by atoms with van der Waals surface area (Å²) in [6.07, 6.45) is 0.0570. The Hall–Kier alpha value is -3.43. The van der Waals surface area contributed by atoms with Crippen molar-refractivity contribution < 1.29 is 23.1 Å². The summed E-state index contributed by atoms with van der Waals surface area (Å²) in [6.45, 7) is 4.86. The molecular formula is C18H17F2N5O3. The van der Waals surface area contributed by atoms with Crippen LogP contribution in [0.5, 0.6) is 0 Å². The van der Waals surface area contributed by atoms with Crippen LogP contribution in [-0.2, 0) is 20.7 Å². The molecule has 0 unspecified atom stereocenters. The molecule has 0 fully saturated rings. The summed E-state index contributed by atoms with van der Waals surface area (Å²) < 4.78 is 33.2. The number of ether oxygens (including phenoxy) is 1. The van der Waals surface area contributed by atoms with Crippen molar-refractivity contribution in [3.8, 4) is 0 Å². The smallest absolute Gasteiger partial charge is 0.311 e. The number of carbonyl (C=O) groups is 2. The lowest BCUT2D eigenvalue weighted by atomic mass is 10.1. The van der Waals surface area contributed by atoms with Crippen molar-refractivity contribution in [2.24, 2.45) is 0 Å². The first kappa shape index (κ1) is 19.3. The fourth-order valence-electron chi connectivity index (χ4n) is 2.67. The van der Waals surface area contributed by atoms with Gasteiger partial charge in [0, 0.05) is 23.0 Å². The highest BCUT2D eigenvalue weighted by Crippen LogP contribution is 2.17. The normalized spacial score (nSPS) is 12.0. The average molecular weight is 389 g/mol.